The molecule has 2 heterocycles. The standard InChI is InChI=1S/C19H21ClF3N5O2/c1-3-12(8-24)27-9-16(30-2)14(7-18(27)29)13-6-11(20)4-5-15(13)28-10-17(25-26-28)19(21,22)23/h4-7,9,12,17H,3,8,10,24H2,1-2H3. The number of nitrogens with two attached hydrogens (primary N) is 1. The lowest BCUT2D eigenvalue weighted by atomic mass is 10.0. The first-order valence-corrected chi connectivity index (χ1v) is 9.62. The fraction of sp³-hybridized carbons (Fsp3) is 0.421. The number of ether oxygens (including phenoxy) is 1. The van der Waals surface area contributed by atoms with Crippen molar-refractivity contribution in [1.82, 2.24) is 4.57 Å². The van der Waals surface area contributed by atoms with E-state index in [-0.39, 0.29) is 18.1 Å². The van der Waals surface area contributed by atoms with Gasteiger partial charge in [0.1, 0.15) is 5.75 Å². The summed E-state index contributed by atoms with van der Waals surface area (Å²) >= 11 is 6.14. The molecule has 7 nitrogen and oxygen atoms in total. The van der Waals surface area contributed by atoms with Gasteiger partial charge in [-0.3, -0.25) is 4.79 Å². The molecule has 1 aromatic heterocycles. The van der Waals surface area contributed by atoms with Crippen LogP contribution in [-0.4, -0.2) is 37.0 Å². The van der Waals surface area contributed by atoms with Gasteiger partial charge in [-0.25, -0.2) is 5.01 Å². The van der Waals surface area contributed by atoms with Crippen molar-refractivity contribution in [3.63, 3.8) is 0 Å². The van der Waals surface area contributed by atoms with Crippen molar-refractivity contribution in [2.45, 2.75) is 31.6 Å². The van der Waals surface area contributed by atoms with Crippen molar-refractivity contribution in [2.75, 3.05) is 25.2 Å². The lowest BCUT2D eigenvalue weighted by Crippen LogP contribution is -2.33. The van der Waals surface area contributed by atoms with Gasteiger partial charge in [-0.2, -0.15) is 18.3 Å². The minimum Gasteiger partial charge on any atom is -0.495 e. The molecule has 2 atom stereocenters. The van der Waals surface area contributed by atoms with E-state index in [2.05, 4.69) is 10.3 Å². The number of benzene rings is 1. The minimum atomic E-state index is -4.50. The molecule has 0 aliphatic carbocycles. The zero-order valence-electron chi connectivity index (χ0n) is 16.4. The van der Waals surface area contributed by atoms with Crippen molar-refractivity contribution in [1.29, 1.82) is 0 Å². The number of rotatable bonds is 6. The summed E-state index contributed by atoms with van der Waals surface area (Å²) in [5, 5.41) is 8.48. The largest absolute Gasteiger partial charge is 0.495 e. The Morgan fingerprint density at radius 2 is 2.07 bits per heavy atom. The van der Waals surface area contributed by atoms with Gasteiger partial charge in [0.15, 0.2) is 6.04 Å². The van der Waals surface area contributed by atoms with Crippen LogP contribution in [0.15, 0.2) is 45.6 Å². The fourth-order valence-corrected chi connectivity index (χ4v) is 3.46. The van der Waals surface area contributed by atoms with Gasteiger partial charge in [0, 0.05) is 34.8 Å². The third kappa shape index (κ3) is 4.29. The highest BCUT2D eigenvalue weighted by molar-refractivity contribution is 6.31. The highest BCUT2D eigenvalue weighted by atomic mass is 35.5. The topological polar surface area (TPSA) is 85.2 Å². The zero-order valence-corrected chi connectivity index (χ0v) is 17.1. The molecule has 0 radical (unpaired) electrons. The van der Waals surface area contributed by atoms with Crippen molar-refractivity contribution < 1.29 is 17.9 Å². The Kier molecular flexibility index (Phi) is 6.37. The fourth-order valence-electron chi connectivity index (χ4n) is 3.29. The quantitative estimate of drug-likeness (QED) is 0.724. The Bertz CT molecular complexity index is 1000. The summed E-state index contributed by atoms with van der Waals surface area (Å²) in [7, 11) is 1.44. The van der Waals surface area contributed by atoms with Crippen LogP contribution in [0.5, 0.6) is 5.75 Å². The summed E-state index contributed by atoms with van der Waals surface area (Å²) in [6.45, 7) is 1.71. The minimum absolute atomic E-state index is 0.209. The Morgan fingerprint density at radius 3 is 2.63 bits per heavy atom. The number of aromatic nitrogens is 1. The third-order valence-corrected chi connectivity index (χ3v) is 5.19. The molecule has 0 spiro atoms. The van der Waals surface area contributed by atoms with E-state index >= 15 is 0 Å². The Morgan fingerprint density at radius 1 is 1.33 bits per heavy atom. The molecule has 3 rings (SSSR count). The van der Waals surface area contributed by atoms with Gasteiger partial charge in [0.2, 0.25) is 0 Å². The Balaban J connectivity index is 2.11. The summed E-state index contributed by atoms with van der Waals surface area (Å²) in [5.41, 5.74) is 6.57. The number of hydrogen-bond acceptors (Lipinski definition) is 6. The van der Waals surface area contributed by atoms with Gasteiger partial charge < -0.3 is 15.0 Å². The lowest BCUT2D eigenvalue weighted by molar-refractivity contribution is -0.143. The maximum Gasteiger partial charge on any atom is 0.414 e. The summed E-state index contributed by atoms with van der Waals surface area (Å²) in [4.78, 5) is 12.8. The molecule has 1 aromatic carbocycles. The number of alkyl halides is 3. The number of anilines is 1. The van der Waals surface area contributed by atoms with Gasteiger partial charge in [0.05, 0.1) is 25.5 Å². The molecule has 30 heavy (non-hydrogen) atoms. The normalized spacial score (nSPS) is 17.4. The molecule has 0 saturated heterocycles. The average molecular weight is 444 g/mol. The summed E-state index contributed by atoms with van der Waals surface area (Å²) < 4.78 is 46.0. The molecule has 0 fully saturated rings. The first-order chi connectivity index (χ1) is 14.2. The molecular formula is C19H21ClF3N5O2. The molecule has 1 aliphatic rings. The van der Waals surface area contributed by atoms with E-state index in [1.54, 1.807) is 12.3 Å². The second-order valence-corrected chi connectivity index (χ2v) is 7.24. The second kappa shape index (κ2) is 8.65. The molecule has 2 aromatic rings. The van der Waals surface area contributed by atoms with Crippen molar-refractivity contribution in [2.24, 2.45) is 16.1 Å². The van der Waals surface area contributed by atoms with Gasteiger partial charge in [-0.15, -0.1) is 0 Å². The monoisotopic (exact) mass is 443 g/mol. The maximum atomic E-state index is 13.0. The number of methoxy groups -OCH3 is 1. The molecule has 162 valence electrons. The average Bonchev–Trinajstić information content (AvgIpc) is 3.20. The van der Waals surface area contributed by atoms with Crippen LogP contribution < -0.4 is 21.0 Å². The first-order valence-electron chi connectivity index (χ1n) is 9.24. The van der Waals surface area contributed by atoms with E-state index in [1.807, 2.05) is 6.92 Å². The van der Waals surface area contributed by atoms with Crippen LogP contribution >= 0.6 is 11.6 Å². The van der Waals surface area contributed by atoms with Crippen LogP contribution in [0.25, 0.3) is 11.1 Å². The van der Waals surface area contributed by atoms with E-state index < -0.39 is 18.8 Å². The maximum absolute atomic E-state index is 13.0. The molecule has 2 unspecified atom stereocenters. The summed E-state index contributed by atoms with van der Waals surface area (Å²) in [6, 6.07) is 3.85. The summed E-state index contributed by atoms with van der Waals surface area (Å²) in [5.74, 6) is 0.355. The lowest BCUT2D eigenvalue weighted by Gasteiger charge is -2.22. The highest BCUT2D eigenvalue weighted by Gasteiger charge is 2.44. The van der Waals surface area contributed by atoms with Gasteiger partial charge >= 0.3 is 6.18 Å². The highest BCUT2D eigenvalue weighted by Crippen LogP contribution is 2.40. The van der Waals surface area contributed by atoms with Gasteiger partial charge in [0.25, 0.3) is 5.56 Å². The smallest absolute Gasteiger partial charge is 0.414 e. The third-order valence-electron chi connectivity index (χ3n) is 4.95. The van der Waals surface area contributed by atoms with Crippen LogP contribution in [0, 0.1) is 0 Å². The molecule has 0 bridgehead atoms. The SMILES string of the molecule is CCC(CN)n1cc(OC)c(-c2cc(Cl)ccc2N2CC(C(F)(F)F)N=N2)cc1=O. The van der Waals surface area contributed by atoms with Crippen LogP contribution in [-0.2, 0) is 0 Å². The van der Waals surface area contributed by atoms with Crippen molar-refractivity contribution in [3.8, 4) is 16.9 Å². The molecule has 0 saturated carbocycles. The van der Waals surface area contributed by atoms with Crippen LogP contribution in [0.1, 0.15) is 19.4 Å². The van der Waals surface area contributed by atoms with Crippen LogP contribution in [0.3, 0.4) is 0 Å². The van der Waals surface area contributed by atoms with Crippen molar-refractivity contribution >= 4 is 17.3 Å². The summed E-state index contributed by atoms with van der Waals surface area (Å²) in [6.07, 6.45) is -2.30. The van der Waals surface area contributed by atoms with E-state index in [9.17, 15) is 18.0 Å². The zero-order chi connectivity index (χ0) is 22.1. The number of pyridine rings is 1. The van der Waals surface area contributed by atoms with Gasteiger partial charge in [-0.1, -0.05) is 23.7 Å². The van der Waals surface area contributed by atoms with E-state index in [0.29, 0.717) is 34.0 Å². The number of hydrogen-bond donors (Lipinski definition) is 1. The van der Waals surface area contributed by atoms with E-state index in [4.69, 9.17) is 22.1 Å². The predicted molar refractivity (Wildman–Crippen MR) is 108 cm³/mol. The molecule has 0 amide bonds. The van der Waals surface area contributed by atoms with Crippen LogP contribution in [0.2, 0.25) is 5.02 Å². The predicted octanol–water partition coefficient (Wildman–Crippen LogP) is 4.21. The van der Waals surface area contributed by atoms with Crippen LogP contribution in [0.4, 0.5) is 18.9 Å². The molecule has 11 heteroatoms. The van der Waals surface area contributed by atoms with E-state index in [0.717, 1.165) is 5.01 Å². The Hall–Kier alpha value is -2.59. The van der Waals surface area contributed by atoms with Crippen molar-refractivity contribution in [3.05, 3.63) is 45.8 Å². The number of halogens is 4. The Labute approximate surface area is 175 Å². The van der Waals surface area contributed by atoms with E-state index in [1.165, 1.54) is 29.9 Å². The first kappa shape index (κ1) is 22.1. The van der Waals surface area contributed by atoms with Gasteiger partial charge in [-0.05, 0) is 24.6 Å². The number of nitrogens with zero attached hydrogens (tertiary/aromatic N) is 4. The molecule has 1 aliphatic heterocycles. The second-order valence-electron chi connectivity index (χ2n) is 6.80. The molecular weight excluding hydrogens is 423 g/mol. The molecule has 2 N–H and O–H groups in total.